The van der Waals surface area contributed by atoms with E-state index in [-0.39, 0.29) is 5.92 Å². The van der Waals surface area contributed by atoms with E-state index in [1.165, 1.54) is 0 Å². The average Bonchev–Trinajstić information content (AvgIpc) is 2.30. The van der Waals surface area contributed by atoms with Crippen LogP contribution in [0.3, 0.4) is 0 Å². The molecule has 1 aliphatic rings. The average molecular weight is 205 g/mol. The van der Waals surface area contributed by atoms with Gasteiger partial charge >= 0.3 is 0 Å². The van der Waals surface area contributed by atoms with E-state index in [2.05, 4.69) is 9.88 Å². The summed E-state index contributed by atoms with van der Waals surface area (Å²) in [5.41, 5.74) is 1.11. The zero-order valence-electron chi connectivity index (χ0n) is 8.43. The van der Waals surface area contributed by atoms with E-state index in [9.17, 15) is 9.90 Å². The molecular weight excluding hydrogens is 192 g/mol. The van der Waals surface area contributed by atoms with Crippen LogP contribution in [0.25, 0.3) is 0 Å². The topological polar surface area (TPSA) is 56.3 Å². The number of anilines is 1. The quantitative estimate of drug-likeness (QED) is 0.684. The number of carbonyl (C=O) groups is 1. The van der Waals surface area contributed by atoms with Crippen molar-refractivity contribution in [1.82, 2.24) is 4.98 Å². The predicted octanol–water partition coefficient (Wildman–Crippen LogP) is 0.0479. The van der Waals surface area contributed by atoms with Crippen LogP contribution < -0.4 is 10.0 Å². The number of hydrogen-bond acceptors (Lipinski definition) is 4. The van der Waals surface area contributed by atoms with Crippen molar-refractivity contribution >= 4 is 11.7 Å². The Bertz CT molecular complexity index is 332. The fourth-order valence-electron chi connectivity index (χ4n) is 1.93. The Hall–Kier alpha value is -1.58. The summed E-state index contributed by atoms with van der Waals surface area (Å²) in [5.74, 6) is -1.19. The number of aliphatic carboxylic acids is 1. The number of carboxylic acids is 1. The molecule has 0 amide bonds. The van der Waals surface area contributed by atoms with Crippen molar-refractivity contribution in [3.63, 3.8) is 0 Å². The van der Waals surface area contributed by atoms with Gasteiger partial charge in [-0.15, -0.1) is 0 Å². The highest BCUT2D eigenvalue weighted by atomic mass is 16.4. The van der Waals surface area contributed by atoms with Crippen LogP contribution in [0.4, 0.5) is 5.69 Å². The standard InChI is InChI=1S/C11H14N2O2/c14-11(15)9-3-7-13(8-4-9)10-1-5-12-6-2-10/h1-2,5-6,9H,3-4,7-8H2,(H,14,15)/p-1. The molecule has 15 heavy (non-hydrogen) atoms. The smallest absolute Gasteiger partial charge is 0.0446 e. The summed E-state index contributed by atoms with van der Waals surface area (Å²) in [6.07, 6.45) is 4.84. The van der Waals surface area contributed by atoms with E-state index in [1.54, 1.807) is 12.4 Å². The zero-order valence-corrected chi connectivity index (χ0v) is 8.43. The molecule has 0 aromatic carbocycles. The Kier molecular flexibility index (Phi) is 2.85. The normalized spacial score (nSPS) is 17.7. The lowest BCUT2D eigenvalue weighted by atomic mass is 9.97. The molecule has 4 heteroatoms. The minimum atomic E-state index is -0.913. The number of aromatic nitrogens is 1. The Morgan fingerprint density at radius 1 is 1.33 bits per heavy atom. The molecule has 2 heterocycles. The van der Waals surface area contributed by atoms with E-state index in [0.717, 1.165) is 18.8 Å². The molecule has 0 radical (unpaired) electrons. The Labute approximate surface area is 88.6 Å². The maximum absolute atomic E-state index is 10.7. The van der Waals surface area contributed by atoms with Crippen molar-refractivity contribution in [2.24, 2.45) is 5.92 Å². The van der Waals surface area contributed by atoms with Gasteiger partial charge in [0.1, 0.15) is 0 Å². The van der Waals surface area contributed by atoms with Crippen LogP contribution in [-0.4, -0.2) is 24.0 Å². The highest BCUT2D eigenvalue weighted by Crippen LogP contribution is 2.21. The van der Waals surface area contributed by atoms with Gasteiger partial charge in [0.2, 0.25) is 0 Å². The van der Waals surface area contributed by atoms with Crippen LogP contribution in [-0.2, 0) is 4.79 Å². The minimum absolute atomic E-state index is 0.275. The van der Waals surface area contributed by atoms with Crippen molar-refractivity contribution in [3.05, 3.63) is 24.5 Å². The summed E-state index contributed by atoms with van der Waals surface area (Å²) in [6.45, 7) is 1.56. The molecule has 0 atom stereocenters. The summed E-state index contributed by atoms with van der Waals surface area (Å²) in [5, 5.41) is 10.7. The van der Waals surface area contributed by atoms with Crippen molar-refractivity contribution in [2.45, 2.75) is 12.8 Å². The summed E-state index contributed by atoms with van der Waals surface area (Å²) in [6, 6.07) is 3.89. The zero-order chi connectivity index (χ0) is 10.7. The molecule has 4 nitrogen and oxygen atoms in total. The van der Waals surface area contributed by atoms with Crippen molar-refractivity contribution in [3.8, 4) is 0 Å². The first kappa shape index (κ1) is 9.96. The summed E-state index contributed by atoms with van der Waals surface area (Å²) in [7, 11) is 0. The minimum Gasteiger partial charge on any atom is -0.550 e. The van der Waals surface area contributed by atoms with Gasteiger partial charge in [-0.25, -0.2) is 0 Å². The van der Waals surface area contributed by atoms with Gasteiger partial charge in [-0.05, 0) is 25.0 Å². The molecule has 1 aliphatic heterocycles. The molecule has 0 aliphatic carbocycles. The monoisotopic (exact) mass is 205 g/mol. The molecule has 1 saturated heterocycles. The van der Waals surface area contributed by atoms with Crippen LogP contribution in [0.5, 0.6) is 0 Å². The fraction of sp³-hybridized carbons (Fsp3) is 0.455. The van der Waals surface area contributed by atoms with Gasteiger partial charge in [0.05, 0.1) is 0 Å². The second-order valence-electron chi connectivity index (χ2n) is 3.79. The van der Waals surface area contributed by atoms with Gasteiger partial charge in [0.25, 0.3) is 0 Å². The maximum Gasteiger partial charge on any atom is 0.0446 e. The second-order valence-corrected chi connectivity index (χ2v) is 3.79. The van der Waals surface area contributed by atoms with Gasteiger partial charge in [0.15, 0.2) is 0 Å². The highest BCUT2D eigenvalue weighted by Gasteiger charge is 2.19. The van der Waals surface area contributed by atoms with Crippen LogP contribution in [0.1, 0.15) is 12.8 Å². The van der Waals surface area contributed by atoms with Gasteiger partial charge in [-0.1, -0.05) is 0 Å². The van der Waals surface area contributed by atoms with Gasteiger partial charge in [-0.2, -0.15) is 0 Å². The van der Waals surface area contributed by atoms with E-state index < -0.39 is 5.97 Å². The number of rotatable bonds is 2. The molecule has 0 spiro atoms. The SMILES string of the molecule is O=C([O-])C1CCN(c2ccncc2)CC1. The number of piperidine rings is 1. The van der Waals surface area contributed by atoms with E-state index >= 15 is 0 Å². The molecule has 1 aromatic heterocycles. The summed E-state index contributed by atoms with van der Waals surface area (Å²) >= 11 is 0. The van der Waals surface area contributed by atoms with Crippen LogP contribution in [0.15, 0.2) is 24.5 Å². The van der Waals surface area contributed by atoms with Crippen molar-refractivity contribution in [1.29, 1.82) is 0 Å². The number of nitrogens with zero attached hydrogens (tertiary/aromatic N) is 2. The summed E-state index contributed by atoms with van der Waals surface area (Å²) < 4.78 is 0. The molecule has 0 bridgehead atoms. The van der Waals surface area contributed by atoms with Gasteiger partial charge in [0, 0.05) is 43.1 Å². The number of pyridine rings is 1. The highest BCUT2D eigenvalue weighted by molar-refractivity contribution is 5.68. The lowest BCUT2D eigenvalue weighted by Gasteiger charge is -2.33. The molecular formula is C11H13N2O2-. The summed E-state index contributed by atoms with van der Waals surface area (Å²) in [4.78, 5) is 16.8. The van der Waals surface area contributed by atoms with E-state index in [1.807, 2.05) is 12.1 Å². The van der Waals surface area contributed by atoms with E-state index in [4.69, 9.17) is 0 Å². The van der Waals surface area contributed by atoms with Crippen LogP contribution in [0.2, 0.25) is 0 Å². The van der Waals surface area contributed by atoms with Crippen LogP contribution in [0, 0.1) is 5.92 Å². The maximum atomic E-state index is 10.7. The Balaban J connectivity index is 1.97. The number of carbonyl (C=O) groups excluding carboxylic acids is 1. The molecule has 0 unspecified atom stereocenters. The number of hydrogen-bond donors (Lipinski definition) is 0. The van der Waals surface area contributed by atoms with Crippen molar-refractivity contribution < 1.29 is 9.90 Å². The first-order chi connectivity index (χ1) is 7.27. The lowest BCUT2D eigenvalue weighted by molar-refractivity contribution is -0.312. The predicted molar refractivity (Wildman–Crippen MR) is 54.2 cm³/mol. The first-order valence-corrected chi connectivity index (χ1v) is 5.13. The van der Waals surface area contributed by atoms with Gasteiger partial charge in [-0.3, -0.25) is 4.98 Å². The molecule has 1 aromatic rings. The third kappa shape index (κ3) is 2.26. The van der Waals surface area contributed by atoms with E-state index in [0.29, 0.717) is 12.8 Å². The third-order valence-corrected chi connectivity index (χ3v) is 2.86. The number of carboxylic acid groups (broad SMARTS) is 1. The molecule has 80 valence electrons. The second kappa shape index (κ2) is 4.29. The van der Waals surface area contributed by atoms with Crippen LogP contribution >= 0.6 is 0 Å². The molecule has 1 fully saturated rings. The third-order valence-electron chi connectivity index (χ3n) is 2.86. The molecule has 0 N–H and O–H groups in total. The Morgan fingerprint density at radius 3 is 2.47 bits per heavy atom. The Morgan fingerprint density at radius 2 is 1.93 bits per heavy atom. The fourth-order valence-corrected chi connectivity index (χ4v) is 1.93. The van der Waals surface area contributed by atoms with Gasteiger partial charge < -0.3 is 14.8 Å². The lowest BCUT2D eigenvalue weighted by Crippen LogP contribution is -2.41. The van der Waals surface area contributed by atoms with Crippen molar-refractivity contribution in [2.75, 3.05) is 18.0 Å². The first-order valence-electron chi connectivity index (χ1n) is 5.13. The molecule has 0 saturated carbocycles. The largest absolute Gasteiger partial charge is 0.550 e. The molecule has 2 rings (SSSR count).